The third-order valence-electron chi connectivity index (χ3n) is 10.2. The standard InChI is InChI=1S/C28H49N/c1-18(2)7-6-8-20(5)26-13-14-27-25-12-10-22-17-21(19(3)4)9-11-23(22)24(25)15-16-28(26,27)29/h10,18-21,23-27H,6-9,11-17,29H2,1-5H3. The van der Waals surface area contributed by atoms with Crippen LogP contribution in [-0.2, 0) is 0 Å². The van der Waals surface area contributed by atoms with Gasteiger partial charge in [-0.05, 0) is 105 Å². The minimum atomic E-state index is 0.152. The molecule has 166 valence electrons. The van der Waals surface area contributed by atoms with Gasteiger partial charge in [-0.1, -0.05) is 65.5 Å². The zero-order chi connectivity index (χ0) is 20.8. The fraction of sp³-hybridized carbons (Fsp3) is 0.929. The lowest BCUT2D eigenvalue weighted by atomic mass is 9.53. The molecule has 2 N–H and O–H groups in total. The maximum absolute atomic E-state index is 7.36. The lowest BCUT2D eigenvalue weighted by molar-refractivity contribution is 0.0167. The van der Waals surface area contributed by atoms with Crippen LogP contribution in [0.4, 0.5) is 0 Å². The van der Waals surface area contributed by atoms with Crippen molar-refractivity contribution in [3.05, 3.63) is 11.6 Å². The summed E-state index contributed by atoms with van der Waals surface area (Å²) in [5.74, 6) is 7.80. The second-order valence-electron chi connectivity index (χ2n) is 12.5. The van der Waals surface area contributed by atoms with Gasteiger partial charge in [0.05, 0.1) is 0 Å². The van der Waals surface area contributed by atoms with E-state index in [0.717, 1.165) is 53.3 Å². The molecular weight excluding hydrogens is 350 g/mol. The first-order valence-electron chi connectivity index (χ1n) is 13.3. The lowest BCUT2D eigenvalue weighted by Crippen LogP contribution is -2.58. The van der Waals surface area contributed by atoms with Crippen LogP contribution < -0.4 is 5.73 Å². The zero-order valence-corrected chi connectivity index (χ0v) is 20.1. The molecule has 1 heteroatoms. The van der Waals surface area contributed by atoms with Crippen molar-refractivity contribution in [2.75, 3.05) is 0 Å². The fourth-order valence-electron chi connectivity index (χ4n) is 8.50. The summed E-state index contributed by atoms with van der Waals surface area (Å²) >= 11 is 0. The van der Waals surface area contributed by atoms with Gasteiger partial charge in [0, 0.05) is 5.54 Å². The summed E-state index contributed by atoms with van der Waals surface area (Å²) in [6.45, 7) is 12.1. The number of hydrogen-bond acceptors (Lipinski definition) is 1. The summed E-state index contributed by atoms with van der Waals surface area (Å²) < 4.78 is 0. The monoisotopic (exact) mass is 399 g/mol. The van der Waals surface area contributed by atoms with Crippen LogP contribution in [0.1, 0.15) is 105 Å². The third-order valence-corrected chi connectivity index (χ3v) is 10.2. The predicted molar refractivity (Wildman–Crippen MR) is 126 cm³/mol. The molecule has 0 bridgehead atoms. The summed E-state index contributed by atoms with van der Waals surface area (Å²) in [6.07, 6.45) is 18.1. The van der Waals surface area contributed by atoms with E-state index in [2.05, 4.69) is 40.7 Å². The van der Waals surface area contributed by atoms with Crippen LogP contribution in [0.3, 0.4) is 0 Å². The topological polar surface area (TPSA) is 26.0 Å². The largest absolute Gasteiger partial charge is 0.325 e. The Morgan fingerprint density at radius 1 is 0.966 bits per heavy atom. The smallest absolute Gasteiger partial charge is 0.0217 e. The van der Waals surface area contributed by atoms with Gasteiger partial charge in [-0.25, -0.2) is 0 Å². The Bertz CT molecular complexity index is 589. The number of fused-ring (bicyclic) bond motifs is 5. The first kappa shape index (κ1) is 21.9. The van der Waals surface area contributed by atoms with Gasteiger partial charge in [0.1, 0.15) is 0 Å². The number of allylic oxidation sites excluding steroid dienone is 2. The van der Waals surface area contributed by atoms with E-state index < -0.39 is 0 Å². The van der Waals surface area contributed by atoms with Crippen LogP contribution in [0.25, 0.3) is 0 Å². The van der Waals surface area contributed by atoms with Gasteiger partial charge in [-0.2, -0.15) is 0 Å². The Balaban J connectivity index is 1.44. The van der Waals surface area contributed by atoms with Gasteiger partial charge in [-0.3, -0.25) is 0 Å². The van der Waals surface area contributed by atoms with E-state index in [9.17, 15) is 0 Å². The second kappa shape index (κ2) is 8.68. The van der Waals surface area contributed by atoms with Gasteiger partial charge in [0.2, 0.25) is 0 Å². The Labute approximate surface area is 181 Å². The van der Waals surface area contributed by atoms with Crippen molar-refractivity contribution in [1.82, 2.24) is 0 Å². The molecule has 4 aliphatic rings. The van der Waals surface area contributed by atoms with E-state index in [1.165, 1.54) is 70.6 Å². The molecule has 0 heterocycles. The highest BCUT2D eigenvalue weighted by molar-refractivity contribution is 5.21. The molecule has 8 atom stereocenters. The van der Waals surface area contributed by atoms with Gasteiger partial charge >= 0.3 is 0 Å². The molecule has 0 saturated heterocycles. The highest BCUT2D eigenvalue weighted by atomic mass is 14.8. The molecule has 0 radical (unpaired) electrons. The molecule has 29 heavy (non-hydrogen) atoms. The average molecular weight is 400 g/mol. The molecule has 0 spiro atoms. The first-order chi connectivity index (χ1) is 13.8. The van der Waals surface area contributed by atoms with Crippen LogP contribution >= 0.6 is 0 Å². The van der Waals surface area contributed by atoms with Crippen molar-refractivity contribution in [1.29, 1.82) is 0 Å². The van der Waals surface area contributed by atoms with Crippen molar-refractivity contribution in [3.8, 4) is 0 Å². The van der Waals surface area contributed by atoms with E-state index in [-0.39, 0.29) is 5.54 Å². The Kier molecular flexibility index (Phi) is 6.56. The molecule has 0 aliphatic heterocycles. The van der Waals surface area contributed by atoms with Crippen LogP contribution in [-0.4, -0.2) is 5.54 Å². The van der Waals surface area contributed by atoms with Crippen molar-refractivity contribution in [2.45, 2.75) is 111 Å². The summed E-state index contributed by atoms with van der Waals surface area (Å²) in [7, 11) is 0. The molecule has 0 aromatic heterocycles. The maximum Gasteiger partial charge on any atom is 0.0217 e. The zero-order valence-electron chi connectivity index (χ0n) is 20.1. The lowest BCUT2D eigenvalue weighted by Gasteiger charge is -2.54. The number of nitrogens with two attached hydrogens (primary N) is 1. The number of rotatable bonds is 6. The Morgan fingerprint density at radius 3 is 2.48 bits per heavy atom. The molecular formula is C28H49N. The van der Waals surface area contributed by atoms with Gasteiger partial charge < -0.3 is 5.73 Å². The SMILES string of the molecule is CC(C)CCCC(C)C1CCC2C3CC=C4CC(C(C)C)CCC4C3CCC12N. The summed E-state index contributed by atoms with van der Waals surface area (Å²) in [5, 5.41) is 0. The predicted octanol–water partition coefficient (Wildman–Crippen LogP) is 7.60. The van der Waals surface area contributed by atoms with E-state index in [4.69, 9.17) is 5.73 Å². The third kappa shape index (κ3) is 4.11. The van der Waals surface area contributed by atoms with Crippen molar-refractivity contribution in [2.24, 2.45) is 59.0 Å². The maximum atomic E-state index is 7.36. The molecule has 3 fully saturated rings. The molecule has 8 unspecified atom stereocenters. The van der Waals surface area contributed by atoms with Crippen LogP contribution in [0.5, 0.6) is 0 Å². The number of hydrogen-bond donors (Lipinski definition) is 1. The summed E-state index contributed by atoms with van der Waals surface area (Å²) in [6, 6.07) is 0. The second-order valence-corrected chi connectivity index (χ2v) is 12.5. The summed E-state index contributed by atoms with van der Waals surface area (Å²) in [4.78, 5) is 0. The normalized spacial score (nSPS) is 43.0. The van der Waals surface area contributed by atoms with Crippen LogP contribution in [0, 0.1) is 53.3 Å². The minimum absolute atomic E-state index is 0.152. The van der Waals surface area contributed by atoms with Crippen molar-refractivity contribution in [3.63, 3.8) is 0 Å². The van der Waals surface area contributed by atoms with Gasteiger partial charge in [0.25, 0.3) is 0 Å². The van der Waals surface area contributed by atoms with E-state index in [1.807, 2.05) is 5.57 Å². The van der Waals surface area contributed by atoms with E-state index in [0.29, 0.717) is 0 Å². The Morgan fingerprint density at radius 2 is 1.76 bits per heavy atom. The fourth-order valence-corrected chi connectivity index (χ4v) is 8.50. The Hall–Kier alpha value is -0.300. The van der Waals surface area contributed by atoms with Crippen LogP contribution in [0.2, 0.25) is 0 Å². The highest BCUT2D eigenvalue weighted by Crippen LogP contribution is 2.60. The highest BCUT2D eigenvalue weighted by Gasteiger charge is 2.57. The first-order valence-corrected chi connectivity index (χ1v) is 13.3. The van der Waals surface area contributed by atoms with Crippen molar-refractivity contribution >= 4 is 0 Å². The van der Waals surface area contributed by atoms with Crippen molar-refractivity contribution < 1.29 is 0 Å². The molecule has 0 amide bonds. The molecule has 4 aliphatic carbocycles. The molecule has 0 aromatic carbocycles. The quantitative estimate of drug-likeness (QED) is 0.457. The molecule has 0 aromatic rings. The molecule has 1 nitrogen and oxygen atoms in total. The molecule has 4 rings (SSSR count). The molecule has 3 saturated carbocycles. The minimum Gasteiger partial charge on any atom is -0.325 e. The van der Waals surface area contributed by atoms with E-state index >= 15 is 0 Å². The van der Waals surface area contributed by atoms with Gasteiger partial charge in [0.15, 0.2) is 0 Å². The van der Waals surface area contributed by atoms with E-state index in [1.54, 1.807) is 0 Å². The summed E-state index contributed by atoms with van der Waals surface area (Å²) in [5.41, 5.74) is 9.37. The average Bonchev–Trinajstić information content (AvgIpc) is 3.04. The van der Waals surface area contributed by atoms with Crippen LogP contribution in [0.15, 0.2) is 11.6 Å². The van der Waals surface area contributed by atoms with Gasteiger partial charge in [-0.15, -0.1) is 0 Å².